The Bertz CT molecular complexity index is 436. The lowest BCUT2D eigenvalue weighted by molar-refractivity contribution is -0.145. The molecule has 0 saturated carbocycles. The molecule has 0 aromatic heterocycles. The van der Waals surface area contributed by atoms with Crippen molar-refractivity contribution in [3.05, 3.63) is 30.1 Å². The normalized spacial score (nSPS) is 10.1. The van der Waals surface area contributed by atoms with Crippen LogP contribution < -0.4 is 0 Å². The van der Waals surface area contributed by atoms with Crippen LogP contribution in [-0.2, 0) is 14.3 Å². The van der Waals surface area contributed by atoms with Gasteiger partial charge in [-0.25, -0.2) is 4.39 Å². The molecule has 0 aliphatic rings. The first-order valence-electron chi connectivity index (χ1n) is 5.72. The zero-order chi connectivity index (χ0) is 14.3. The fourth-order valence-electron chi connectivity index (χ4n) is 1.32. The van der Waals surface area contributed by atoms with Gasteiger partial charge in [-0.2, -0.15) is 0 Å². The SMILES string of the molecule is COC(=O)CN(C)C(=O)CCSc1ccc(F)cc1. The number of amides is 1. The topological polar surface area (TPSA) is 46.6 Å². The van der Waals surface area contributed by atoms with Crippen molar-refractivity contribution in [1.82, 2.24) is 4.90 Å². The van der Waals surface area contributed by atoms with Gasteiger partial charge >= 0.3 is 5.97 Å². The van der Waals surface area contributed by atoms with Crippen molar-refractivity contribution in [1.29, 1.82) is 0 Å². The quantitative estimate of drug-likeness (QED) is 0.592. The van der Waals surface area contributed by atoms with Gasteiger partial charge in [0.25, 0.3) is 0 Å². The van der Waals surface area contributed by atoms with Crippen LogP contribution in [0, 0.1) is 5.82 Å². The van der Waals surface area contributed by atoms with Gasteiger partial charge in [0.2, 0.25) is 5.91 Å². The van der Waals surface area contributed by atoms with Crippen molar-refractivity contribution in [2.45, 2.75) is 11.3 Å². The molecule has 0 fully saturated rings. The summed E-state index contributed by atoms with van der Waals surface area (Å²) in [5.74, 6) is -0.268. The van der Waals surface area contributed by atoms with Crippen LogP contribution in [0.25, 0.3) is 0 Å². The third-order valence-corrected chi connectivity index (χ3v) is 3.43. The first kappa shape index (κ1) is 15.5. The highest BCUT2D eigenvalue weighted by Gasteiger charge is 2.12. The molecule has 1 rings (SSSR count). The minimum absolute atomic E-state index is 0.0451. The van der Waals surface area contributed by atoms with Crippen molar-refractivity contribution in [3.8, 4) is 0 Å². The van der Waals surface area contributed by atoms with Crippen molar-refractivity contribution in [2.24, 2.45) is 0 Å². The van der Waals surface area contributed by atoms with E-state index in [4.69, 9.17) is 0 Å². The number of halogens is 1. The molecule has 0 radical (unpaired) electrons. The second kappa shape index (κ2) is 7.78. The summed E-state index contributed by atoms with van der Waals surface area (Å²) in [5.41, 5.74) is 0. The third-order valence-electron chi connectivity index (χ3n) is 2.42. The molecule has 1 aromatic rings. The molecule has 1 amide bonds. The molecule has 6 heteroatoms. The van der Waals surface area contributed by atoms with Gasteiger partial charge in [0.15, 0.2) is 0 Å². The number of likely N-dealkylation sites (N-methyl/N-ethyl adjacent to an activating group) is 1. The summed E-state index contributed by atoms with van der Waals surface area (Å²) in [6, 6.07) is 6.10. The minimum atomic E-state index is -0.443. The number of esters is 1. The van der Waals surface area contributed by atoms with Crippen LogP contribution in [-0.4, -0.2) is 43.2 Å². The van der Waals surface area contributed by atoms with Crippen LogP contribution in [0.5, 0.6) is 0 Å². The first-order chi connectivity index (χ1) is 9.02. The Hall–Kier alpha value is -1.56. The molecule has 0 atom stereocenters. The Kier molecular flexibility index (Phi) is 6.35. The average molecular weight is 285 g/mol. The number of thioether (sulfide) groups is 1. The Morgan fingerprint density at radius 2 is 1.95 bits per heavy atom. The molecule has 0 unspecified atom stereocenters. The van der Waals surface area contributed by atoms with Crippen LogP contribution in [0.1, 0.15) is 6.42 Å². The molecule has 4 nitrogen and oxygen atoms in total. The van der Waals surface area contributed by atoms with E-state index in [1.807, 2.05) is 0 Å². The Labute approximate surface area is 115 Å². The monoisotopic (exact) mass is 285 g/mol. The van der Waals surface area contributed by atoms with Gasteiger partial charge in [0.1, 0.15) is 12.4 Å². The van der Waals surface area contributed by atoms with E-state index in [0.717, 1.165) is 4.90 Å². The van der Waals surface area contributed by atoms with E-state index in [2.05, 4.69) is 4.74 Å². The van der Waals surface area contributed by atoms with Crippen LogP contribution in [0.15, 0.2) is 29.2 Å². The fraction of sp³-hybridized carbons (Fsp3) is 0.385. The standard InChI is InChI=1S/C13H16FNO3S/c1-15(9-13(17)18-2)12(16)7-8-19-11-5-3-10(14)4-6-11/h3-6H,7-9H2,1-2H3. The number of carbonyl (C=O) groups is 2. The first-order valence-corrected chi connectivity index (χ1v) is 6.70. The number of hydrogen-bond donors (Lipinski definition) is 0. The molecule has 19 heavy (non-hydrogen) atoms. The van der Waals surface area contributed by atoms with Crippen molar-refractivity contribution in [2.75, 3.05) is 26.5 Å². The number of methoxy groups -OCH3 is 1. The molecule has 104 valence electrons. The van der Waals surface area contributed by atoms with Gasteiger partial charge in [-0.05, 0) is 24.3 Å². The molecular formula is C13H16FNO3S. The van der Waals surface area contributed by atoms with Crippen LogP contribution in [0.3, 0.4) is 0 Å². The van der Waals surface area contributed by atoms with E-state index in [0.29, 0.717) is 12.2 Å². The predicted octanol–water partition coefficient (Wildman–Crippen LogP) is 1.94. The second-order valence-corrected chi connectivity index (χ2v) is 5.05. The summed E-state index contributed by atoms with van der Waals surface area (Å²) in [6.07, 6.45) is 0.315. The molecule has 1 aromatic carbocycles. The molecule has 0 N–H and O–H groups in total. The van der Waals surface area contributed by atoms with Crippen LogP contribution in [0.2, 0.25) is 0 Å². The maximum atomic E-state index is 12.7. The fourth-order valence-corrected chi connectivity index (χ4v) is 2.17. The number of carbonyl (C=O) groups excluding carboxylic acids is 2. The summed E-state index contributed by atoms with van der Waals surface area (Å²) in [6.45, 7) is -0.0451. The molecule has 0 aliphatic carbocycles. The zero-order valence-electron chi connectivity index (χ0n) is 10.9. The number of ether oxygens (including phenoxy) is 1. The summed E-state index contributed by atoms with van der Waals surface area (Å²) in [7, 11) is 2.84. The minimum Gasteiger partial charge on any atom is -0.468 e. The van der Waals surface area contributed by atoms with E-state index in [1.165, 1.54) is 35.9 Å². The van der Waals surface area contributed by atoms with Crippen molar-refractivity contribution in [3.63, 3.8) is 0 Å². The van der Waals surface area contributed by atoms with E-state index in [1.54, 1.807) is 19.2 Å². The second-order valence-electron chi connectivity index (χ2n) is 3.88. The highest BCUT2D eigenvalue weighted by molar-refractivity contribution is 7.99. The summed E-state index contributed by atoms with van der Waals surface area (Å²) in [5, 5.41) is 0. The van der Waals surface area contributed by atoms with E-state index < -0.39 is 5.97 Å². The van der Waals surface area contributed by atoms with Gasteiger partial charge < -0.3 is 9.64 Å². The Morgan fingerprint density at radius 3 is 2.53 bits per heavy atom. The lowest BCUT2D eigenvalue weighted by Gasteiger charge is -2.15. The third kappa shape index (κ3) is 5.74. The smallest absolute Gasteiger partial charge is 0.325 e. The molecule has 0 heterocycles. The van der Waals surface area contributed by atoms with Gasteiger partial charge in [0, 0.05) is 24.1 Å². The summed E-state index contributed by atoms with van der Waals surface area (Å²) < 4.78 is 17.2. The summed E-state index contributed by atoms with van der Waals surface area (Å²) >= 11 is 1.47. The van der Waals surface area contributed by atoms with Gasteiger partial charge in [-0.1, -0.05) is 0 Å². The summed E-state index contributed by atoms with van der Waals surface area (Å²) in [4.78, 5) is 24.9. The van der Waals surface area contributed by atoms with Crippen molar-refractivity contribution < 1.29 is 18.7 Å². The lowest BCUT2D eigenvalue weighted by atomic mass is 10.3. The lowest BCUT2D eigenvalue weighted by Crippen LogP contribution is -2.32. The molecule has 0 aliphatic heterocycles. The van der Waals surface area contributed by atoms with E-state index in [9.17, 15) is 14.0 Å². The Morgan fingerprint density at radius 1 is 1.32 bits per heavy atom. The van der Waals surface area contributed by atoms with Gasteiger partial charge in [-0.15, -0.1) is 11.8 Å². The van der Waals surface area contributed by atoms with E-state index in [-0.39, 0.29) is 18.3 Å². The number of benzene rings is 1. The maximum Gasteiger partial charge on any atom is 0.325 e. The molecule has 0 spiro atoms. The highest BCUT2D eigenvalue weighted by atomic mass is 32.2. The zero-order valence-corrected chi connectivity index (χ0v) is 11.7. The van der Waals surface area contributed by atoms with Crippen LogP contribution >= 0.6 is 11.8 Å². The predicted molar refractivity (Wildman–Crippen MR) is 71.4 cm³/mol. The Balaban J connectivity index is 2.30. The maximum absolute atomic E-state index is 12.7. The molecule has 0 bridgehead atoms. The largest absolute Gasteiger partial charge is 0.468 e. The highest BCUT2D eigenvalue weighted by Crippen LogP contribution is 2.19. The van der Waals surface area contributed by atoms with Crippen molar-refractivity contribution >= 4 is 23.6 Å². The van der Waals surface area contributed by atoms with Crippen LogP contribution in [0.4, 0.5) is 4.39 Å². The van der Waals surface area contributed by atoms with E-state index >= 15 is 0 Å². The molecule has 0 saturated heterocycles. The average Bonchev–Trinajstić information content (AvgIpc) is 2.40. The van der Waals surface area contributed by atoms with Gasteiger partial charge in [0.05, 0.1) is 7.11 Å². The number of rotatable bonds is 6. The molecular weight excluding hydrogens is 269 g/mol. The number of nitrogens with zero attached hydrogens (tertiary/aromatic N) is 1. The van der Waals surface area contributed by atoms with Gasteiger partial charge in [-0.3, -0.25) is 9.59 Å². The number of hydrogen-bond acceptors (Lipinski definition) is 4.